The van der Waals surface area contributed by atoms with Crippen LogP contribution < -0.4 is 5.32 Å². The summed E-state index contributed by atoms with van der Waals surface area (Å²) in [4.78, 5) is 18.3. The summed E-state index contributed by atoms with van der Waals surface area (Å²) in [5.74, 6) is 0.233. The largest absolute Gasteiger partial charge is 0.340 e. The van der Waals surface area contributed by atoms with Crippen molar-refractivity contribution < 1.29 is 4.79 Å². The fourth-order valence-corrected chi connectivity index (χ4v) is 3.55. The first-order valence-corrected chi connectivity index (χ1v) is 8.14. The second kappa shape index (κ2) is 6.52. The predicted octanol–water partition coefficient (Wildman–Crippen LogP) is 1.31. The Bertz CT molecular complexity index is 471. The van der Waals surface area contributed by atoms with Crippen LogP contribution >= 0.6 is 11.3 Å². The Kier molecular flexibility index (Phi) is 4.50. The van der Waals surface area contributed by atoms with Crippen LogP contribution in [0, 0.1) is 0 Å². The van der Waals surface area contributed by atoms with Crippen LogP contribution in [0.5, 0.6) is 0 Å². The molecule has 1 fully saturated rings. The first-order valence-electron chi connectivity index (χ1n) is 7.26. The number of nitrogens with zero attached hydrogens (tertiary/aromatic N) is 2. The van der Waals surface area contributed by atoms with Gasteiger partial charge in [0.1, 0.15) is 6.04 Å². The smallest absolute Gasteiger partial charge is 0.243 e. The van der Waals surface area contributed by atoms with E-state index in [2.05, 4.69) is 27.7 Å². The monoisotopic (exact) mass is 291 g/mol. The number of rotatable bonds is 3. The second-order valence-corrected chi connectivity index (χ2v) is 6.38. The summed E-state index contributed by atoms with van der Waals surface area (Å²) in [6, 6.07) is 4.19. The Morgan fingerprint density at radius 3 is 3.05 bits per heavy atom. The quantitative estimate of drug-likeness (QED) is 0.853. The molecule has 1 saturated heterocycles. The SMILES string of the molecule is O=C([C@@H]1C=CCN1)N1CCCN(Cc2cccs2)CC1. The van der Waals surface area contributed by atoms with Crippen molar-refractivity contribution in [2.45, 2.75) is 19.0 Å². The Balaban J connectivity index is 1.53. The molecule has 1 aromatic heterocycles. The summed E-state index contributed by atoms with van der Waals surface area (Å²) < 4.78 is 0. The number of hydrogen-bond acceptors (Lipinski definition) is 4. The van der Waals surface area contributed by atoms with Gasteiger partial charge in [0.25, 0.3) is 0 Å². The van der Waals surface area contributed by atoms with Crippen LogP contribution in [-0.2, 0) is 11.3 Å². The van der Waals surface area contributed by atoms with Crippen molar-refractivity contribution in [2.75, 3.05) is 32.7 Å². The molecule has 3 heterocycles. The van der Waals surface area contributed by atoms with Gasteiger partial charge >= 0.3 is 0 Å². The molecule has 0 spiro atoms. The van der Waals surface area contributed by atoms with Gasteiger partial charge in [0.2, 0.25) is 5.91 Å². The molecule has 3 rings (SSSR count). The average molecular weight is 291 g/mol. The molecule has 1 atom stereocenters. The van der Waals surface area contributed by atoms with Crippen LogP contribution in [0.2, 0.25) is 0 Å². The number of nitrogens with one attached hydrogen (secondary N) is 1. The highest BCUT2D eigenvalue weighted by atomic mass is 32.1. The maximum absolute atomic E-state index is 12.4. The van der Waals surface area contributed by atoms with E-state index in [9.17, 15) is 4.79 Å². The van der Waals surface area contributed by atoms with Gasteiger partial charge in [-0.15, -0.1) is 11.3 Å². The van der Waals surface area contributed by atoms with E-state index in [1.807, 2.05) is 28.4 Å². The van der Waals surface area contributed by atoms with E-state index in [4.69, 9.17) is 0 Å². The third-order valence-electron chi connectivity index (χ3n) is 3.91. The molecule has 0 saturated carbocycles. The molecule has 5 heteroatoms. The highest BCUT2D eigenvalue weighted by Gasteiger charge is 2.25. The maximum Gasteiger partial charge on any atom is 0.243 e. The molecule has 108 valence electrons. The van der Waals surface area contributed by atoms with Crippen LogP contribution in [0.15, 0.2) is 29.7 Å². The molecule has 1 aromatic rings. The van der Waals surface area contributed by atoms with Crippen molar-refractivity contribution in [2.24, 2.45) is 0 Å². The normalized spacial score (nSPS) is 24.0. The summed E-state index contributed by atoms with van der Waals surface area (Å²) in [6.45, 7) is 5.60. The maximum atomic E-state index is 12.4. The fraction of sp³-hybridized carbons (Fsp3) is 0.533. The van der Waals surface area contributed by atoms with Gasteiger partial charge in [-0.25, -0.2) is 0 Å². The second-order valence-electron chi connectivity index (χ2n) is 5.35. The van der Waals surface area contributed by atoms with Gasteiger partial charge in [-0.05, 0) is 17.9 Å². The molecular formula is C15H21N3OS. The van der Waals surface area contributed by atoms with Gasteiger partial charge in [0.05, 0.1) is 0 Å². The topological polar surface area (TPSA) is 35.6 Å². The lowest BCUT2D eigenvalue weighted by atomic mass is 10.2. The minimum atomic E-state index is -0.0983. The van der Waals surface area contributed by atoms with E-state index in [1.165, 1.54) is 4.88 Å². The number of carbonyl (C=O) groups excluding carboxylic acids is 1. The number of carbonyl (C=O) groups is 1. The van der Waals surface area contributed by atoms with Crippen molar-refractivity contribution in [3.8, 4) is 0 Å². The third kappa shape index (κ3) is 3.29. The lowest BCUT2D eigenvalue weighted by Gasteiger charge is -2.24. The van der Waals surface area contributed by atoms with Crippen LogP contribution in [-0.4, -0.2) is 54.5 Å². The van der Waals surface area contributed by atoms with E-state index in [0.717, 1.165) is 45.7 Å². The standard InChI is InChI=1S/C15H21N3OS/c19-15(14-5-1-6-16-14)18-8-3-7-17(9-10-18)12-13-4-2-11-20-13/h1-2,4-5,11,14,16H,3,6-10,12H2/t14-/m0/s1. The minimum Gasteiger partial charge on any atom is -0.340 e. The zero-order valence-corrected chi connectivity index (χ0v) is 12.4. The first kappa shape index (κ1) is 13.8. The van der Waals surface area contributed by atoms with Crippen molar-refractivity contribution in [1.82, 2.24) is 15.1 Å². The Morgan fingerprint density at radius 2 is 2.30 bits per heavy atom. The first-order chi connectivity index (χ1) is 9.83. The molecule has 2 aliphatic rings. The van der Waals surface area contributed by atoms with Crippen molar-refractivity contribution >= 4 is 17.2 Å². The molecule has 0 radical (unpaired) electrons. The molecule has 2 aliphatic heterocycles. The summed E-state index contributed by atoms with van der Waals surface area (Å²) in [5, 5.41) is 5.33. The van der Waals surface area contributed by atoms with Gasteiger partial charge in [-0.1, -0.05) is 18.2 Å². The lowest BCUT2D eigenvalue weighted by molar-refractivity contribution is -0.131. The molecular weight excluding hydrogens is 270 g/mol. The van der Waals surface area contributed by atoms with E-state index < -0.39 is 0 Å². The number of amides is 1. The van der Waals surface area contributed by atoms with Crippen molar-refractivity contribution in [1.29, 1.82) is 0 Å². The molecule has 0 bridgehead atoms. The molecule has 1 N–H and O–H groups in total. The van der Waals surface area contributed by atoms with E-state index in [0.29, 0.717) is 0 Å². The highest BCUT2D eigenvalue weighted by Crippen LogP contribution is 2.14. The van der Waals surface area contributed by atoms with Gasteiger partial charge in [-0.3, -0.25) is 15.0 Å². The highest BCUT2D eigenvalue weighted by molar-refractivity contribution is 7.09. The van der Waals surface area contributed by atoms with Gasteiger partial charge in [-0.2, -0.15) is 0 Å². The van der Waals surface area contributed by atoms with Crippen LogP contribution in [0.4, 0.5) is 0 Å². The van der Waals surface area contributed by atoms with Gasteiger partial charge in [0, 0.05) is 44.1 Å². The zero-order valence-electron chi connectivity index (χ0n) is 11.6. The fourth-order valence-electron chi connectivity index (χ4n) is 2.81. The zero-order chi connectivity index (χ0) is 13.8. The summed E-state index contributed by atoms with van der Waals surface area (Å²) >= 11 is 1.81. The average Bonchev–Trinajstić information content (AvgIpc) is 3.10. The molecule has 0 unspecified atom stereocenters. The lowest BCUT2D eigenvalue weighted by Crippen LogP contribution is -2.45. The molecule has 20 heavy (non-hydrogen) atoms. The number of hydrogen-bond donors (Lipinski definition) is 1. The minimum absolute atomic E-state index is 0.0983. The van der Waals surface area contributed by atoms with Crippen molar-refractivity contribution in [3.63, 3.8) is 0 Å². The summed E-state index contributed by atoms with van der Waals surface area (Å²) in [7, 11) is 0. The summed E-state index contributed by atoms with van der Waals surface area (Å²) in [5.41, 5.74) is 0. The predicted molar refractivity (Wildman–Crippen MR) is 81.7 cm³/mol. The van der Waals surface area contributed by atoms with E-state index in [1.54, 1.807) is 0 Å². The Morgan fingerprint density at radius 1 is 1.35 bits per heavy atom. The van der Waals surface area contributed by atoms with Crippen LogP contribution in [0.3, 0.4) is 0 Å². The van der Waals surface area contributed by atoms with Crippen molar-refractivity contribution in [3.05, 3.63) is 34.5 Å². The van der Waals surface area contributed by atoms with E-state index in [-0.39, 0.29) is 11.9 Å². The van der Waals surface area contributed by atoms with Crippen LogP contribution in [0.1, 0.15) is 11.3 Å². The molecule has 1 amide bonds. The third-order valence-corrected chi connectivity index (χ3v) is 4.77. The summed E-state index contributed by atoms with van der Waals surface area (Å²) in [6.07, 6.45) is 5.08. The molecule has 0 aliphatic carbocycles. The number of thiophene rings is 1. The Hall–Kier alpha value is -1.17. The Labute approximate surface area is 124 Å². The van der Waals surface area contributed by atoms with Gasteiger partial charge in [0.15, 0.2) is 0 Å². The van der Waals surface area contributed by atoms with Crippen LogP contribution in [0.25, 0.3) is 0 Å². The molecule has 4 nitrogen and oxygen atoms in total. The van der Waals surface area contributed by atoms with E-state index >= 15 is 0 Å². The van der Waals surface area contributed by atoms with Gasteiger partial charge < -0.3 is 4.90 Å². The molecule has 0 aromatic carbocycles.